The predicted molar refractivity (Wildman–Crippen MR) is 27.8 cm³/mol. The number of pyridine rings is 1. The van der Waals surface area contributed by atoms with Crippen LogP contribution in [0.3, 0.4) is 0 Å². The Morgan fingerprint density at radius 1 is 1.71 bits per heavy atom. The molecule has 0 saturated heterocycles. The van der Waals surface area contributed by atoms with Crippen LogP contribution in [0.2, 0.25) is 0 Å². The van der Waals surface area contributed by atoms with Gasteiger partial charge in [-0.15, -0.1) is 0 Å². The van der Waals surface area contributed by atoms with Crippen LogP contribution in [0.5, 0.6) is 0 Å². The van der Waals surface area contributed by atoms with E-state index in [1.54, 1.807) is 6.20 Å². The maximum atomic E-state index is 3.92. The van der Waals surface area contributed by atoms with Crippen molar-refractivity contribution in [2.45, 2.75) is 6.92 Å². The highest BCUT2D eigenvalue weighted by Crippen LogP contribution is 1.85. The third kappa shape index (κ3) is 1.000. The van der Waals surface area contributed by atoms with E-state index in [0.717, 1.165) is 5.69 Å². The first kappa shape index (κ1) is 4.31. The summed E-state index contributed by atoms with van der Waals surface area (Å²) in [6.45, 7) is 1.95. The molecule has 1 aromatic heterocycles. The fraction of sp³-hybridized carbons (Fsp3) is 0.167. The van der Waals surface area contributed by atoms with E-state index in [4.69, 9.17) is 0 Å². The van der Waals surface area contributed by atoms with Crippen LogP contribution in [-0.2, 0) is 0 Å². The standard InChI is InChI=1S/C6H6N/c1-6-4-2-3-5-7-6/h2,4-5H,1H3. The van der Waals surface area contributed by atoms with Gasteiger partial charge in [0, 0.05) is 18.0 Å². The third-order valence-electron chi connectivity index (χ3n) is 0.763. The summed E-state index contributed by atoms with van der Waals surface area (Å²) in [5, 5.41) is 0. The van der Waals surface area contributed by atoms with E-state index in [1.807, 2.05) is 19.1 Å². The second kappa shape index (κ2) is 1.73. The van der Waals surface area contributed by atoms with Crippen molar-refractivity contribution in [1.82, 2.24) is 4.98 Å². The van der Waals surface area contributed by atoms with Crippen LogP contribution in [-0.4, -0.2) is 4.98 Å². The minimum Gasteiger partial charge on any atom is -0.261 e. The van der Waals surface area contributed by atoms with Crippen LogP contribution >= 0.6 is 0 Å². The van der Waals surface area contributed by atoms with Crippen molar-refractivity contribution < 1.29 is 0 Å². The van der Waals surface area contributed by atoms with Gasteiger partial charge in [-0.3, -0.25) is 4.98 Å². The normalized spacial score (nSPS) is 8.71. The van der Waals surface area contributed by atoms with Gasteiger partial charge >= 0.3 is 0 Å². The highest BCUT2D eigenvalue weighted by molar-refractivity contribution is 4.98. The van der Waals surface area contributed by atoms with E-state index in [0.29, 0.717) is 0 Å². The lowest BCUT2D eigenvalue weighted by Gasteiger charge is -1.81. The van der Waals surface area contributed by atoms with E-state index in [9.17, 15) is 0 Å². The van der Waals surface area contributed by atoms with Gasteiger partial charge in [-0.1, -0.05) is 6.07 Å². The van der Waals surface area contributed by atoms with Crippen molar-refractivity contribution in [3.63, 3.8) is 0 Å². The van der Waals surface area contributed by atoms with Crippen molar-refractivity contribution in [1.29, 1.82) is 0 Å². The summed E-state index contributed by atoms with van der Waals surface area (Å²) < 4.78 is 0. The zero-order valence-corrected chi connectivity index (χ0v) is 4.18. The van der Waals surface area contributed by atoms with Gasteiger partial charge in [-0.2, -0.15) is 0 Å². The molecule has 1 heterocycles. The molecule has 0 bridgehead atoms. The van der Waals surface area contributed by atoms with Gasteiger partial charge in [-0.05, 0) is 13.0 Å². The van der Waals surface area contributed by atoms with Crippen LogP contribution in [0, 0.1) is 13.0 Å². The Hall–Kier alpha value is -0.850. The zero-order valence-electron chi connectivity index (χ0n) is 4.18. The summed E-state index contributed by atoms with van der Waals surface area (Å²) in [6, 6.07) is 6.59. The van der Waals surface area contributed by atoms with E-state index >= 15 is 0 Å². The first-order valence-corrected chi connectivity index (χ1v) is 2.18. The molecular weight excluding hydrogens is 86.1 g/mol. The molecule has 35 valence electrons. The maximum Gasteiger partial charge on any atom is 0.0373 e. The van der Waals surface area contributed by atoms with Crippen LogP contribution < -0.4 is 0 Å². The molecule has 0 aliphatic rings. The average molecular weight is 92.1 g/mol. The molecule has 0 spiro atoms. The molecule has 0 aliphatic carbocycles. The molecule has 0 atom stereocenters. The van der Waals surface area contributed by atoms with E-state index in [2.05, 4.69) is 11.1 Å². The third-order valence-corrected chi connectivity index (χ3v) is 0.763. The first-order chi connectivity index (χ1) is 3.39. The lowest BCUT2D eigenvalue weighted by molar-refractivity contribution is 1.20. The second-order valence-electron chi connectivity index (χ2n) is 1.40. The highest BCUT2D eigenvalue weighted by atomic mass is 14.6. The minimum absolute atomic E-state index is 1.04. The topological polar surface area (TPSA) is 12.9 Å². The number of aryl methyl sites for hydroxylation is 1. The fourth-order valence-electron chi connectivity index (χ4n) is 0.394. The molecule has 0 amide bonds. The Kier molecular flexibility index (Phi) is 1.07. The molecule has 0 fully saturated rings. The van der Waals surface area contributed by atoms with Crippen molar-refractivity contribution in [3.05, 3.63) is 30.1 Å². The minimum atomic E-state index is 1.04. The van der Waals surface area contributed by atoms with Crippen LogP contribution in [0.15, 0.2) is 18.3 Å². The monoisotopic (exact) mass is 92.1 g/mol. The van der Waals surface area contributed by atoms with Crippen molar-refractivity contribution in [3.8, 4) is 0 Å². The van der Waals surface area contributed by atoms with Crippen LogP contribution in [0.1, 0.15) is 5.69 Å². The second-order valence-corrected chi connectivity index (χ2v) is 1.40. The first-order valence-electron chi connectivity index (χ1n) is 2.18. The molecule has 0 aliphatic heterocycles. The highest BCUT2D eigenvalue weighted by Gasteiger charge is 1.73. The van der Waals surface area contributed by atoms with Gasteiger partial charge in [0.15, 0.2) is 0 Å². The van der Waals surface area contributed by atoms with Gasteiger partial charge in [0.1, 0.15) is 0 Å². The maximum absolute atomic E-state index is 3.92. The SMILES string of the molecule is Cc1cc[c]cn1. The summed E-state index contributed by atoms with van der Waals surface area (Å²) in [7, 11) is 0. The van der Waals surface area contributed by atoms with Crippen LogP contribution in [0.4, 0.5) is 0 Å². The quantitative estimate of drug-likeness (QED) is 0.468. The molecule has 7 heavy (non-hydrogen) atoms. The zero-order chi connectivity index (χ0) is 5.11. The van der Waals surface area contributed by atoms with Gasteiger partial charge in [0.2, 0.25) is 0 Å². The number of hydrogen-bond acceptors (Lipinski definition) is 1. The molecule has 1 nitrogen and oxygen atoms in total. The van der Waals surface area contributed by atoms with E-state index in [1.165, 1.54) is 0 Å². The molecule has 0 saturated carbocycles. The molecule has 0 aromatic carbocycles. The Balaban J connectivity index is 3.02. The lowest BCUT2D eigenvalue weighted by Crippen LogP contribution is -1.73. The fourth-order valence-corrected chi connectivity index (χ4v) is 0.394. The van der Waals surface area contributed by atoms with E-state index < -0.39 is 0 Å². The van der Waals surface area contributed by atoms with E-state index in [-0.39, 0.29) is 0 Å². The molecule has 0 unspecified atom stereocenters. The van der Waals surface area contributed by atoms with Crippen molar-refractivity contribution in [2.24, 2.45) is 0 Å². The average Bonchev–Trinajstić information content (AvgIpc) is 1.69. The summed E-state index contributed by atoms with van der Waals surface area (Å²) >= 11 is 0. The molecule has 1 rings (SSSR count). The van der Waals surface area contributed by atoms with Gasteiger partial charge < -0.3 is 0 Å². The molecule has 1 heteroatoms. The number of hydrogen-bond donors (Lipinski definition) is 0. The van der Waals surface area contributed by atoms with Gasteiger partial charge in [0.25, 0.3) is 0 Å². The summed E-state index contributed by atoms with van der Waals surface area (Å²) in [4.78, 5) is 3.92. The van der Waals surface area contributed by atoms with Crippen LogP contribution in [0.25, 0.3) is 0 Å². The number of rotatable bonds is 0. The smallest absolute Gasteiger partial charge is 0.0373 e. The molecule has 1 aromatic rings. The Labute approximate surface area is 43.0 Å². The Morgan fingerprint density at radius 2 is 2.57 bits per heavy atom. The van der Waals surface area contributed by atoms with Gasteiger partial charge in [0.05, 0.1) is 0 Å². The predicted octanol–water partition coefficient (Wildman–Crippen LogP) is 1.19. The molecule has 1 radical (unpaired) electrons. The van der Waals surface area contributed by atoms with Gasteiger partial charge in [-0.25, -0.2) is 0 Å². The number of nitrogens with zero attached hydrogens (tertiary/aromatic N) is 1. The number of aromatic nitrogens is 1. The molecular formula is C6H6N. The Morgan fingerprint density at radius 3 is 2.86 bits per heavy atom. The van der Waals surface area contributed by atoms with Crippen molar-refractivity contribution >= 4 is 0 Å². The Bertz CT molecular complexity index is 134. The lowest BCUT2D eigenvalue weighted by atomic mass is 10.4. The summed E-state index contributed by atoms with van der Waals surface area (Å²) in [6.07, 6.45) is 1.66. The largest absolute Gasteiger partial charge is 0.261 e. The van der Waals surface area contributed by atoms with Crippen molar-refractivity contribution in [2.75, 3.05) is 0 Å². The summed E-state index contributed by atoms with van der Waals surface area (Å²) in [5.74, 6) is 0. The summed E-state index contributed by atoms with van der Waals surface area (Å²) in [5.41, 5.74) is 1.04. The molecule has 0 N–H and O–H groups in total.